The van der Waals surface area contributed by atoms with Crippen LogP contribution in [0.25, 0.3) is 16.9 Å². The minimum atomic E-state index is -1.58. The van der Waals surface area contributed by atoms with Gasteiger partial charge in [-0.3, -0.25) is 4.98 Å². The van der Waals surface area contributed by atoms with Crippen molar-refractivity contribution in [2.45, 2.75) is 25.8 Å². The van der Waals surface area contributed by atoms with Crippen LogP contribution in [0.2, 0.25) is 0 Å². The molecule has 0 saturated carbocycles. The summed E-state index contributed by atoms with van der Waals surface area (Å²) in [7, 11) is -1.58. The Labute approximate surface area is 151 Å². The van der Waals surface area contributed by atoms with E-state index >= 15 is 0 Å². The standard InChI is InChI=1S/C18H21BN4O3/c1-12-8-14-2-3-18(23(14)21-10-12)17-9-16(15(11-20-17)19(24)25)22-13-4-6-26-7-5-13/h2-3,8-11,13,24-25H,4-7H2,1H3,(H,20,22). The first kappa shape index (κ1) is 17.0. The smallest absolute Gasteiger partial charge is 0.423 e. The molecule has 0 radical (unpaired) electrons. The van der Waals surface area contributed by atoms with E-state index in [4.69, 9.17) is 4.74 Å². The second-order valence-corrected chi connectivity index (χ2v) is 6.65. The normalized spacial score (nSPS) is 15.3. The Morgan fingerprint density at radius 3 is 2.77 bits per heavy atom. The lowest BCUT2D eigenvalue weighted by molar-refractivity contribution is 0.0905. The zero-order valence-corrected chi connectivity index (χ0v) is 14.6. The molecule has 3 aromatic rings. The van der Waals surface area contributed by atoms with Crippen molar-refractivity contribution in [3.8, 4) is 11.4 Å². The van der Waals surface area contributed by atoms with E-state index in [0.717, 1.165) is 35.3 Å². The molecule has 0 atom stereocenters. The van der Waals surface area contributed by atoms with Crippen molar-refractivity contribution in [3.05, 3.63) is 42.2 Å². The Hall–Kier alpha value is -2.42. The van der Waals surface area contributed by atoms with Crippen molar-refractivity contribution >= 4 is 23.8 Å². The SMILES string of the molecule is Cc1cnn2c(-c3cc(NC4CCOCC4)c(B(O)O)cn3)ccc2c1. The van der Waals surface area contributed by atoms with Gasteiger partial charge in [-0.1, -0.05) is 0 Å². The number of anilines is 1. The Kier molecular flexibility index (Phi) is 4.63. The number of nitrogens with zero attached hydrogens (tertiary/aromatic N) is 3. The Morgan fingerprint density at radius 1 is 1.19 bits per heavy atom. The third-order valence-corrected chi connectivity index (χ3v) is 4.69. The molecule has 1 aliphatic heterocycles. The molecule has 1 aliphatic rings. The van der Waals surface area contributed by atoms with Gasteiger partial charge in [-0.05, 0) is 49.6 Å². The van der Waals surface area contributed by atoms with E-state index in [1.165, 1.54) is 6.20 Å². The molecule has 0 unspecified atom stereocenters. The van der Waals surface area contributed by atoms with Crippen molar-refractivity contribution in [3.63, 3.8) is 0 Å². The van der Waals surface area contributed by atoms with E-state index in [2.05, 4.69) is 21.5 Å². The summed E-state index contributed by atoms with van der Waals surface area (Å²) in [5.41, 5.74) is 4.71. The maximum Gasteiger partial charge on any atom is 0.492 e. The summed E-state index contributed by atoms with van der Waals surface area (Å²) in [6.45, 7) is 3.42. The van der Waals surface area contributed by atoms with Crippen LogP contribution in [-0.4, -0.2) is 51.0 Å². The van der Waals surface area contributed by atoms with Gasteiger partial charge in [0.2, 0.25) is 0 Å². The molecule has 1 fully saturated rings. The van der Waals surface area contributed by atoms with E-state index in [0.29, 0.717) is 24.4 Å². The summed E-state index contributed by atoms with van der Waals surface area (Å²) in [6, 6.07) is 8.12. The lowest BCUT2D eigenvalue weighted by atomic mass is 9.79. The Balaban J connectivity index is 1.73. The van der Waals surface area contributed by atoms with Crippen LogP contribution in [0, 0.1) is 6.92 Å². The summed E-state index contributed by atoms with van der Waals surface area (Å²) >= 11 is 0. The van der Waals surface area contributed by atoms with Crippen molar-refractivity contribution in [2.75, 3.05) is 18.5 Å². The third kappa shape index (κ3) is 3.31. The third-order valence-electron chi connectivity index (χ3n) is 4.69. The minimum Gasteiger partial charge on any atom is -0.423 e. The summed E-state index contributed by atoms with van der Waals surface area (Å²) in [5.74, 6) is 0. The number of nitrogens with one attached hydrogen (secondary N) is 1. The van der Waals surface area contributed by atoms with Crippen LogP contribution in [-0.2, 0) is 4.74 Å². The monoisotopic (exact) mass is 352 g/mol. The number of aryl methyl sites for hydroxylation is 1. The van der Waals surface area contributed by atoms with Crippen LogP contribution in [0.5, 0.6) is 0 Å². The van der Waals surface area contributed by atoms with Crippen LogP contribution in [0.15, 0.2) is 36.7 Å². The van der Waals surface area contributed by atoms with Crippen LogP contribution in [0.3, 0.4) is 0 Å². The molecule has 26 heavy (non-hydrogen) atoms. The van der Waals surface area contributed by atoms with Gasteiger partial charge in [-0.15, -0.1) is 0 Å². The average Bonchev–Trinajstić information content (AvgIpc) is 3.05. The summed E-state index contributed by atoms with van der Waals surface area (Å²) in [5, 5.41) is 27.3. The van der Waals surface area contributed by atoms with E-state index in [9.17, 15) is 10.0 Å². The fourth-order valence-corrected chi connectivity index (χ4v) is 3.29. The highest BCUT2D eigenvalue weighted by atomic mass is 16.5. The predicted octanol–water partition coefficient (Wildman–Crippen LogP) is 0.975. The quantitative estimate of drug-likeness (QED) is 0.606. The van der Waals surface area contributed by atoms with Gasteiger partial charge in [-0.25, -0.2) is 4.52 Å². The number of hydrogen-bond donors (Lipinski definition) is 3. The van der Waals surface area contributed by atoms with Crippen LogP contribution in [0.1, 0.15) is 18.4 Å². The van der Waals surface area contributed by atoms with Gasteiger partial charge in [0, 0.05) is 36.6 Å². The second kappa shape index (κ2) is 7.07. The van der Waals surface area contributed by atoms with E-state index < -0.39 is 7.12 Å². The van der Waals surface area contributed by atoms with Crippen LogP contribution >= 0.6 is 0 Å². The molecule has 0 aliphatic carbocycles. The molecular weight excluding hydrogens is 331 g/mol. The van der Waals surface area contributed by atoms with E-state index in [-0.39, 0.29) is 6.04 Å². The number of rotatable bonds is 4. The predicted molar refractivity (Wildman–Crippen MR) is 100 cm³/mol. The lowest BCUT2D eigenvalue weighted by Gasteiger charge is -2.25. The summed E-state index contributed by atoms with van der Waals surface area (Å²) in [4.78, 5) is 4.42. The van der Waals surface area contributed by atoms with Crippen LogP contribution in [0.4, 0.5) is 5.69 Å². The number of aromatic nitrogens is 3. The van der Waals surface area contributed by atoms with Gasteiger partial charge < -0.3 is 20.1 Å². The molecule has 3 N–H and O–H groups in total. The van der Waals surface area contributed by atoms with Gasteiger partial charge >= 0.3 is 7.12 Å². The zero-order valence-electron chi connectivity index (χ0n) is 14.6. The number of fused-ring (bicyclic) bond motifs is 1. The van der Waals surface area contributed by atoms with Crippen LogP contribution < -0.4 is 10.8 Å². The zero-order chi connectivity index (χ0) is 18.1. The molecule has 0 spiro atoms. The largest absolute Gasteiger partial charge is 0.492 e. The maximum absolute atomic E-state index is 9.69. The van der Waals surface area contributed by atoms with Gasteiger partial charge in [0.05, 0.1) is 23.1 Å². The van der Waals surface area contributed by atoms with Gasteiger partial charge in [-0.2, -0.15) is 5.10 Å². The highest BCUT2D eigenvalue weighted by Crippen LogP contribution is 2.23. The lowest BCUT2D eigenvalue weighted by Crippen LogP contribution is -2.36. The van der Waals surface area contributed by atoms with Crippen molar-refractivity contribution in [2.24, 2.45) is 0 Å². The van der Waals surface area contributed by atoms with Crippen molar-refractivity contribution in [1.29, 1.82) is 0 Å². The second-order valence-electron chi connectivity index (χ2n) is 6.65. The molecule has 0 amide bonds. The highest BCUT2D eigenvalue weighted by molar-refractivity contribution is 6.60. The Morgan fingerprint density at radius 2 is 2.00 bits per heavy atom. The highest BCUT2D eigenvalue weighted by Gasteiger charge is 2.22. The van der Waals surface area contributed by atoms with Gasteiger partial charge in [0.1, 0.15) is 0 Å². The molecule has 0 aromatic carbocycles. The number of pyridine rings is 1. The molecule has 3 aromatic heterocycles. The first-order valence-corrected chi connectivity index (χ1v) is 8.77. The molecule has 7 nitrogen and oxygen atoms in total. The fraction of sp³-hybridized carbons (Fsp3) is 0.333. The van der Waals surface area contributed by atoms with Crippen molar-refractivity contribution < 1.29 is 14.8 Å². The first-order valence-electron chi connectivity index (χ1n) is 8.77. The van der Waals surface area contributed by atoms with Crippen molar-refractivity contribution in [1.82, 2.24) is 14.6 Å². The average molecular weight is 352 g/mol. The molecule has 8 heteroatoms. The first-order chi connectivity index (χ1) is 12.6. The maximum atomic E-state index is 9.69. The molecule has 0 bridgehead atoms. The Bertz CT molecular complexity index is 922. The topological polar surface area (TPSA) is 91.9 Å². The van der Waals surface area contributed by atoms with Gasteiger partial charge in [0.25, 0.3) is 0 Å². The molecule has 134 valence electrons. The van der Waals surface area contributed by atoms with Gasteiger partial charge in [0.15, 0.2) is 0 Å². The number of ether oxygens (including phenoxy) is 1. The summed E-state index contributed by atoms with van der Waals surface area (Å²) in [6.07, 6.45) is 5.08. The van der Waals surface area contributed by atoms with E-state index in [1.807, 2.05) is 35.8 Å². The van der Waals surface area contributed by atoms with E-state index in [1.54, 1.807) is 0 Å². The summed E-state index contributed by atoms with van der Waals surface area (Å²) < 4.78 is 7.23. The fourth-order valence-electron chi connectivity index (χ4n) is 3.29. The minimum absolute atomic E-state index is 0.237. The number of hydrogen-bond acceptors (Lipinski definition) is 6. The molecule has 1 saturated heterocycles. The molecule has 4 rings (SSSR count). The molecular formula is C18H21BN4O3. The molecule has 4 heterocycles.